The molecule has 0 spiro atoms. The summed E-state index contributed by atoms with van der Waals surface area (Å²) in [6.07, 6.45) is 0. The largest absolute Gasteiger partial charge is 0.380 e. The Hall–Kier alpha value is -1.85. The van der Waals surface area contributed by atoms with Crippen LogP contribution in [0.1, 0.15) is 10.4 Å². The van der Waals surface area contributed by atoms with Crippen LogP contribution in [0.25, 0.3) is 0 Å². The average molecular weight is 275 g/mol. The van der Waals surface area contributed by atoms with Crippen molar-refractivity contribution in [1.82, 2.24) is 0 Å². The molecule has 0 bridgehead atoms. The Bertz CT molecular complexity index is 537. The van der Waals surface area contributed by atoms with Gasteiger partial charge in [0.15, 0.2) is 5.96 Å². The van der Waals surface area contributed by atoms with E-state index in [9.17, 15) is 0 Å². The third kappa shape index (κ3) is 4.08. The molecular weight excluding hydrogens is 258 g/mol. The highest BCUT2D eigenvalue weighted by Crippen LogP contribution is 2.15. The van der Waals surface area contributed by atoms with Gasteiger partial charge < -0.3 is 15.8 Å². The topological polar surface area (TPSA) is 59.6 Å². The van der Waals surface area contributed by atoms with E-state index in [1.165, 1.54) is 4.88 Å². The predicted octanol–water partition coefficient (Wildman–Crippen LogP) is 2.82. The number of para-hydroxylation sites is 1. The van der Waals surface area contributed by atoms with Crippen molar-refractivity contribution in [3.63, 3.8) is 0 Å². The highest BCUT2D eigenvalue weighted by Gasteiger charge is 2.02. The van der Waals surface area contributed by atoms with Gasteiger partial charge in [-0.05, 0) is 17.5 Å². The maximum Gasteiger partial charge on any atom is 0.193 e. The van der Waals surface area contributed by atoms with Crippen molar-refractivity contribution in [2.45, 2.75) is 13.2 Å². The number of hydrogen-bond donors (Lipinski definition) is 2. The van der Waals surface area contributed by atoms with Gasteiger partial charge >= 0.3 is 0 Å². The number of anilines is 1. The Morgan fingerprint density at radius 2 is 2.16 bits per heavy atom. The molecule has 1 heterocycles. The first-order valence-electron chi connectivity index (χ1n) is 5.96. The summed E-state index contributed by atoms with van der Waals surface area (Å²) < 4.78 is 5.15. The Morgan fingerprint density at radius 1 is 1.32 bits per heavy atom. The highest BCUT2D eigenvalue weighted by molar-refractivity contribution is 7.09. The van der Waals surface area contributed by atoms with Crippen molar-refractivity contribution in [1.29, 1.82) is 0 Å². The molecule has 1 aromatic heterocycles. The molecule has 1 aromatic carbocycles. The number of nitrogens with zero attached hydrogens (tertiary/aromatic N) is 1. The van der Waals surface area contributed by atoms with E-state index in [4.69, 9.17) is 10.5 Å². The van der Waals surface area contributed by atoms with E-state index >= 15 is 0 Å². The first-order chi connectivity index (χ1) is 9.29. The van der Waals surface area contributed by atoms with E-state index in [0.717, 1.165) is 11.3 Å². The molecule has 2 aromatic rings. The van der Waals surface area contributed by atoms with E-state index < -0.39 is 0 Å². The van der Waals surface area contributed by atoms with Crippen molar-refractivity contribution in [2.75, 3.05) is 12.4 Å². The molecule has 0 aliphatic heterocycles. The number of nitrogens with two attached hydrogens (primary N) is 1. The van der Waals surface area contributed by atoms with Gasteiger partial charge in [0.25, 0.3) is 0 Å². The molecule has 0 aliphatic carbocycles. The van der Waals surface area contributed by atoms with Crippen LogP contribution >= 0.6 is 11.3 Å². The lowest BCUT2D eigenvalue weighted by Gasteiger charge is -2.10. The molecule has 0 radical (unpaired) electrons. The molecule has 3 N–H and O–H groups in total. The third-order valence-electron chi connectivity index (χ3n) is 2.57. The Labute approximate surface area is 116 Å². The van der Waals surface area contributed by atoms with Crippen molar-refractivity contribution >= 4 is 23.0 Å². The Balaban J connectivity index is 2.01. The number of nitrogens with one attached hydrogen (secondary N) is 1. The maximum absolute atomic E-state index is 5.89. The van der Waals surface area contributed by atoms with Crippen LogP contribution in [-0.4, -0.2) is 13.1 Å². The van der Waals surface area contributed by atoms with Gasteiger partial charge in [-0.25, -0.2) is 4.99 Å². The van der Waals surface area contributed by atoms with E-state index in [0.29, 0.717) is 19.1 Å². The summed E-state index contributed by atoms with van der Waals surface area (Å²) in [5, 5.41) is 5.14. The summed E-state index contributed by atoms with van der Waals surface area (Å²) in [6, 6.07) is 11.9. The minimum atomic E-state index is 0.414. The molecule has 0 saturated heterocycles. The lowest BCUT2D eigenvalue weighted by molar-refractivity contribution is 0.185. The smallest absolute Gasteiger partial charge is 0.193 e. The summed E-state index contributed by atoms with van der Waals surface area (Å²) in [5.74, 6) is 0.414. The number of guanidine groups is 1. The molecule has 0 aliphatic rings. The van der Waals surface area contributed by atoms with Crippen molar-refractivity contribution < 1.29 is 4.74 Å². The highest BCUT2D eigenvalue weighted by atomic mass is 32.1. The summed E-state index contributed by atoms with van der Waals surface area (Å²) in [4.78, 5) is 5.51. The number of ether oxygens (including phenoxy) is 1. The van der Waals surface area contributed by atoms with Gasteiger partial charge in [-0.15, -0.1) is 11.3 Å². The second-order valence-electron chi connectivity index (χ2n) is 4.00. The maximum atomic E-state index is 5.89. The predicted molar refractivity (Wildman–Crippen MR) is 80.4 cm³/mol. The minimum Gasteiger partial charge on any atom is -0.380 e. The molecule has 0 unspecified atom stereocenters. The summed E-state index contributed by atoms with van der Waals surface area (Å²) in [5.41, 5.74) is 7.87. The van der Waals surface area contributed by atoms with Gasteiger partial charge in [0, 0.05) is 23.2 Å². The Morgan fingerprint density at radius 3 is 2.89 bits per heavy atom. The van der Waals surface area contributed by atoms with Crippen LogP contribution in [0.4, 0.5) is 5.69 Å². The quantitative estimate of drug-likeness (QED) is 0.651. The number of aliphatic imine (C=N–C) groups is 1. The van der Waals surface area contributed by atoms with Gasteiger partial charge in [-0.1, -0.05) is 24.3 Å². The van der Waals surface area contributed by atoms with E-state index in [-0.39, 0.29) is 0 Å². The fourth-order valence-electron chi connectivity index (χ4n) is 1.67. The van der Waals surface area contributed by atoms with Crippen LogP contribution in [0.5, 0.6) is 0 Å². The molecule has 0 amide bonds. The van der Waals surface area contributed by atoms with Gasteiger partial charge in [-0.2, -0.15) is 0 Å². The summed E-state index contributed by atoms with van der Waals surface area (Å²) in [6.45, 7) is 1.14. The molecule has 5 heteroatoms. The van der Waals surface area contributed by atoms with Gasteiger partial charge in [-0.3, -0.25) is 0 Å². The number of benzene rings is 1. The van der Waals surface area contributed by atoms with E-state index in [1.54, 1.807) is 18.4 Å². The fourth-order valence-corrected chi connectivity index (χ4v) is 2.29. The minimum absolute atomic E-state index is 0.414. The van der Waals surface area contributed by atoms with Gasteiger partial charge in [0.05, 0.1) is 13.2 Å². The number of rotatable bonds is 5. The molecule has 2 rings (SSSR count). The van der Waals surface area contributed by atoms with Gasteiger partial charge in [0.2, 0.25) is 0 Å². The number of methoxy groups -OCH3 is 1. The second-order valence-corrected chi connectivity index (χ2v) is 5.03. The van der Waals surface area contributed by atoms with Crippen molar-refractivity contribution in [2.24, 2.45) is 10.7 Å². The summed E-state index contributed by atoms with van der Waals surface area (Å²) >= 11 is 1.67. The van der Waals surface area contributed by atoms with Crippen LogP contribution < -0.4 is 11.1 Å². The van der Waals surface area contributed by atoms with Crippen molar-refractivity contribution in [3.05, 3.63) is 52.2 Å². The average Bonchev–Trinajstić information content (AvgIpc) is 2.92. The van der Waals surface area contributed by atoms with Crippen LogP contribution in [-0.2, 0) is 17.9 Å². The lowest BCUT2D eigenvalue weighted by atomic mass is 10.2. The second kappa shape index (κ2) is 6.92. The molecule has 0 saturated carbocycles. The Kier molecular flexibility index (Phi) is 4.94. The monoisotopic (exact) mass is 275 g/mol. The molecule has 4 nitrogen and oxygen atoms in total. The molecule has 19 heavy (non-hydrogen) atoms. The van der Waals surface area contributed by atoms with E-state index in [2.05, 4.69) is 10.3 Å². The van der Waals surface area contributed by atoms with Crippen LogP contribution in [0, 0.1) is 0 Å². The number of thiophene rings is 1. The first-order valence-corrected chi connectivity index (χ1v) is 6.83. The molecule has 0 fully saturated rings. The van der Waals surface area contributed by atoms with Crippen LogP contribution in [0.2, 0.25) is 0 Å². The van der Waals surface area contributed by atoms with Gasteiger partial charge in [0.1, 0.15) is 0 Å². The fraction of sp³-hybridized carbons (Fsp3) is 0.214. The standard InChI is InChI=1S/C14H17N3OS/c1-18-10-11-5-2-3-7-13(11)17-14(15)16-9-12-6-4-8-19-12/h2-8H,9-10H2,1H3,(H3,15,16,17). The molecule has 0 atom stereocenters. The third-order valence-corrected chi connectivity index (χ3v) is 3.43. The zero-order valence-electron chi connectivity index (χ0n) is 10.8. The molecular formula is C14H17N3OS. The lowest BCUT2D eigenvalue weighted by Crippen LogP contribution is -2.23. The first kappa shape index (κ1) is 13.6. The number of hydrogen-bond acceptors (Lipinski definition) is 3. The van der Waals surface area contributed by atoms with Crippen LogP contribution in [0.15, 0.2) is 46.8 Å². The normalized spacial score (nSPS) is 11.5. The summed E-state index contributed by atoms with van der Waals surface area (Å²) in [7, 11) is 1.67. The zero-order valence-corrected chi connectivity index (χ0v) is 11.6. The van der Waals surface area contributed by atoms with E-state index in [1.807, 2.05) is 41.8 Å². The SMILES string of the molecule is COCc1ccccc1NC(N)=NCc1cccs1. The van der Waals surface area contributed by atoms with Crippen LogP contribution in [0.3, 0.4) is 0 Å². The van der Waals surface area contributed by atoms with Crippen molar-refractivity contribution in [3.8, 4) is 0 Å². The molecule has 100 valence electrons. The zero-order chi connectivity index (χ0) is 13.5.